The van der Waals surface area contributed by atoms with Gasteiger partial charge >= 0.3 is 19.7 Å². The van der Waals surface area contributed by atoms with E-state index >= 15 is 0 Å². The molecule has 0 heterocycles. The maximum Gasteiger partial charge on any atom is 0.529 e. The summed E-state index contributed by atoms with van der Waals surface area (Å²) in [6.07, 6.45) is -4.75. The molecule has 20 heavy (non-hydrogen) atoms. The summed E-state index contributed by atoms with van der Waals surface area (Å²) in [7, 11) is -2.19. The van der Waals surface area contributed by atoms with E-state index < -0.39 is 35.9 Å². The number of halogens is 3. The Morgan fingerprint density at radius 1 is 1.25 bits per heavy atom. The Labute approximate surface area is 111 Å². The second-order valence-electron chi connectivity index (χ2n) is 3.34. The van der Waals surface area contributed by atoms with Crippen LogP contribution in [0.5, 0.6) is 5.75 Å². The molecule has 0 bridgehead atoms. The van der Waals surface area contributed by atoms with Crippen molar-refractivity contribution in [2.24, 2.45) is 0 Å². The summed E-state index contributed by atoms with van der Waals surface area (Å²) in [5.74, 6) is -0.657. The number of hydrogen-bond donors (Lipinski definition) is 0. The minimum absolute atomic E-state index is 0.269. The smallest absolute Gasteiger partial charge is 0.397 e. The zero-order chi connectivity index (χ0) is 15.6. The first-order valence-corrected chi connectivity index (χ1v) is 6.36. The van der Waals surface area contributed by atoms with Crippen molar-refractivity contribution in [2.45, 2.75) is 6.18 Å². The molecule has 0 aliphatic heterocycles. The van der Waals surface area contributed by atoms with Crippen LogP contribution >= 0.6 is 7.82 Å². The zero-order valence-corrected chi connectivity index (χ0v) is 11.1. The molecule has 0 saturated carbocycles. The average molecular weight is 315 g/mol. The van der Waals surface area contributed by atoms with E-state index in [9.17, 15) is 27.9 Å². The lowest BCUT2D eigenvalue weighted by molar-refractivity contribution is -0.385. The van der Waals surface area contributed by atoms with E-state index in [1.807, 2.05) is 0 Å². The highest BCUT2D eigenvalue weighted by Crippen LogP contribution is 2.50. The topological polar surface area (TPSA) is 87.9 Å². The molecule has 1 rings (SSSR count). The SMILES string of the molecule is COP(=O)(OC)Oc1ccc(C(F)(F)F)cc1[N+](=O)[O-]. The quantitative estimate of drug-likeness (QED) is 0.470. The molecule has 0 saturated heterocycles. The minimum Gasteiger partial charge on any atom is -0.397 e. The van der Waals surface area contributed by atoms with Crippen molar-refractivity contribution in [1.82, 2.24) is 0 Å². The summed E-state index contributed by atoms with van der Waals surface area (Å²) in [6.45, 7) is 0. The van der Waals surface area contributed by atoms with Gasteiger partial charge in [0.25, 0.3) is 0 Å². The molecule has 1 aromatic rings. The van der Waals surface area contributed by atoms with Gasteiger partial charge in [-0.05, 0) is 12.1 Å². The summed E-state index contributed by atoms with van der Waals surface area (Å²) in [5.41, 5.74) is -2.24. The average Bonchev–Trinajstić information content (AvgIpc) is 2.37. The van der Waals surface area contributed by atoms with Crippen molar-refractivity contribution in [2.75, 3.05) is 14.2 Å². The first kappa shape index (κ1) is 16.4. The van der Waals surface area contributed by atoms with Crippen LogP contribution < -0.4 is 4.52 Å². The second kappa shape index (κ2) is 5.78. The first-order chi connectivity index (χ1) is 9.13. The monoisotopic (exact) mass is 315 g/mol. The maximum absolute atomic E-state index is 12.5. The molecule has 7 nitrogen and oxygen atoms in total. The van der Waals surface area contributed by atoms with Gasteiger partial charge in [0, 0.05) is 20.3 Å². The predicted octanol–water partition coefficient (Wildman–Crippen LogP) is 3.39. The van der Waals surface area contributed by atoms with Gasteiger partial charge in [0.2, 0.25) is 5.75 Å². The Morgan fingerprint density at radius 2 is 1.80 bits per heavy atom. The highest BCUT2D eigenvalue weighted by Gasteiger charge is 2.35. The van der Waals surface area contributed by atoms with E-state index in [1.165, 1.54) is 0 Å². The molecule has 0 radical (unpaired) electrons. The standard InChI is InChI=1S/C9H9F3NO6P/c1-17-20(16,18-2)19-8-4-3-6(9(10,11)12)5-7(8)13(14)15/h3-5H,1-2H3. The van der Waals surface area contributed by atoms with Crippen molar-refractivity contribution in [1.29, 1.82) is 0 Å². The molecule has 11 heteroatoms. The van der Waals surface area contributed by atoms with Gasteiger partial charge in [0.15, 0.2) is 0 Å². The van der Waals surface area contributed by atoms with Gasteiger partial charge in [-0.2, -0.15) is 13.2 Å². The van der Waals surface area contributed by atoms with Gasteiger partial charge in [0.1, 0.15) is 0 Å². The summed E-state index contributed by atoms with van der Waals surface area (Å²) < 4.78 is 62.5. The third kappa shape index (κ3) is 3.69. The van der Waals surface area contributed by atoms with Gasteiger partial charge in [-0.25, -0.2) is 4.57 Å². The molecular weight excluding hydrogens is 306 g/mol. The molecule has 0 aliphatic carbocycles. The van der Waals surface area contributed by atoms with Crippen molar-refractivity contribution < 1.29 is 36.2 Å². The fourth-order valence-electron chi connectivity index (χ4n) is 1.18. The van der Waals surface area contributed by atoms with E-state index in [2.05, 4.69) is 13.6 Å². The maximum atomic E-state index is 12.5. The van der Waals surface area contributed by atoms with E-state index in [0.717, 1.165) is 14.2 Å². The molecule has 0 atom stereocenters. The van der Waals surface area contributed by atoms with Crippen molar-refractivity contribution >= 4 is 13.5 Å². The summed E-state index contributed by atoms with van der Waals surface area (Å²) in [4.78, 5) is 9.65. The third-order valence-electron chi connectivity index (χ3n) is 2.14. The number of alkyl halides is 3. The molecular formula is C9H9F3NO6P. The fourth-order valence-corrected chi connectivity index (χ4v) is 1.88. The number of rotatable bonds is 5. The predicted molar refractivity (Wildman–Crippen MR) is 60.4 cm³/mol. The van der Waals surface area contributed by atoms with E-state index in [4.69, 9.17) is 0 Å². The van der Waals surface area contributed by atoms with Crippen LogP contribution in [0.25, 0.3) is 0 Å². The molecule has 0 fully saturated rings. The van der Waals surface area contributed by atoms with Gasteiger partial charge in [-0.3, -0.25) is 19.2 Å². The van der Waals surface area contributed by atoms with Crippen LogP contribution in [0.4, 0.5) is 18.9 Å². The lowest BCUT2D eigenvalue weighted by Crippen LogP contribution is -2.07. The summed E-state index contributed by atoms with van der Waals surface area (Å²) in [5, 5.41) is 10.8. The summed E-state index contributed by atoms with van der Waals surface area (Å²) >= 11 is 0. The Kier molecular flexibility index (Phi) is 4.74. The lowest BCUT2D eigenvalue weighted by atomic mass is 10.2. The van der Waals surface area contributed by atoms with Crippen molar-refractivity contribution in [3.63, 3.8) is 0 Å². The molecule has 1 aromatic carbocycles. The number of phosphoric acid groups is 1. The summed E-state index contributed by atoms with van der Waals surface area (Å²) in [6, 6.07) is 1.49. The normalized spacial score (nSPS) is 12.2. The lowest BCUT2D eigenvalue weighted by Gasteiger charge is -2.15. The Bertz CT molecular complexity index is 553. The van der Waals surface area contributed by atoms with Gasteiger partial charge in [-0.15, -0.1) is 0 Å². The number of benzene rings is 1. The number of nitro groups is 1. The Morgan fingerprint density at radius 3 is 2.20 bits per heavy atom. The van der Waals surface area contributed by atoms with Crippen LogP contribution in [-0.4, -0.2) is 19.1 Å². The van der Waals surface area contributed by atoms with E-state index in [-0.39, 0.29) is 6.07 Å². The van der Waals surface area contributed by atoms with Crippen LogP contribution in [0.1, 0.15) is 5.56 Å². The number of hydrogen-bond acceptors (Lipinski definition) is 6. The molecule has 0 unspecified atom stereocenters. The largest absolute Gasteiger partial charge is 0.529 e. The zero-order valence-electron chi connectivity index (χ0n) is 10.2. The van der Waals surface area contributed by atoms with Crippen molar-refractivity contribution in [3.8, 4) is 5.75 Å². The number of phosphoric ester groups is 1. The number of nitrogens with zero attached hydrogens (tertiary/aromatic N) is 1. The molecule has 0 spiro atoms. The van der Waals surface area contributed by atoms with Gasteiger partial charge in [0.05, 0.1) is 10.5 Å². The Hall–Kier alpha value is -1.64. The third-order valence-corrected chi connectivity index (χ3v) is 3.46. The van der Waals surface area contributed by atoms with Crippen LogP contribution in [0.2, 0.25) is 0 Å². The van der Waals surface area contributed by atoms with Crippen LogP contribution in [-0.2, 0) is 19.8 Å². The first-order valence-electron chi connectivity index (χ1n) is 4.89. The Balaban J connectivity index is 3.28. The molecule has 0 aromatic heterocycles. The fraction of sp³-hybridized carbons (Fsp3) is 0.333. The van der Waals surface area contributed by atoms with Crippen LogP contribution in [0.15, 0.2) is 18.2 Å². The molecule has 0 N–H and O–H groups in total. The van der Waals surface area contributed by atoms with Gasteiger partial charge in [-0.1, -0.05) is 0 Å². The van der Waals surface area contributed by atoms with Gasteiger partial charge < -0.3 is 4.52 Å². The molecule has 112 valence electrons. The van der Waals surface area contributed by atoms with E-state index in [0.29, 0.717) is 12.1 Å². The van der Waals surface area contributed by atoms with Crippen LogP contribution in [0, 0.1) is 10.1 Å². The van der Waals surface area contributed by atoms with E-state index in [1.54, 1.807) is 0 Å². The highest BCUT2D eigenvalue weighted by molar-refractivity contribution is 7.48. The van der Waals surface area contributed by atoms with Crippen molar-refractivity contribution in [3.05, 3.63) is 33.9 Å². The highest BCUT2D eigenvalue weighted by atomic mass is 31.2. The molecule has 0 amide bonds. The molecule has 0 aliphatic rings. The second-order valence-corrected chi connectivity index (χ2v) is 5.15. The minimum atomic E-state index is -4.75. The van der Waals surface area contributed by atoms with Crippen LogP contribution in [0.3, 0.4) is 0 Å². The number of nitro benzene ring substituents is 1.